The van der Waals surface area contributed by atoms with Crippen LogP contribution < -0.4 is 0 Å². The molecule has 1 saturated heterocycles. The van der Waals surface area contributed by atoms with E-state index in [1.54, 1.807) is 4.90 Å². The molecule has 2 nitrogen and oxygen atoms in total. The first-order chi connectivity index (χ1) is 8.73. The second-order valence-electron chi connectivity index (χ2n) is 5.41. The Bertz CT molecular complexity index is 467. The summed E-state index contributed by atoms with van der Waals surface area (Å²) < 4.78 is -1.44. The van der Waals surface area contributed by atoms with E-state index in [1.807, 2.05) is 44.2 Å². The Morgan fingerprint density at radius 3 is 2.37 bits per heavy atom. The Labute approximate surface area is 128 Å². The molecule has 1 aromatic rings. The van der Waals surface area contributed by atoms with Crippen LogP contribution in [0.25, 0.3) is 0 Å². The van der Waals surface area contributed by atoms with Gasteiger partial charge in [-0.3, -0.25) is 4.79 Å². The van der Waals surface area contributed by atoms with Gasteiger partial charge in [-0.15, -0.1) is 11.6 Å². The highest BCUT2D eigenvalue weighted by molar-refractivity contribution is 6.59. The first-order valence-electron chi connectivity index (χ1n) is 6.13. The van der Waals surface area contributed by atoms with Crippen LogP contribution in [0.3, 0.4) is 0 Å². The van der Waals surface area contributed by atoms with Gasteiger partial charge in [-0.25, -0.2) is 0 Å². The maximum absolute atomic E-state index is 12.3. The summed E-state index contributed by atoms with van der Waals surface area (Å²) in [6.45, 7) is 4.64. The maximum atomic E-state index is 12.3. The molecule has 2 rings (SSSR count). The monoisotopic (exact) mass is 319 g/mol. The molecular weight excluding hydrogens is 305 g/mol. The Morgan fingerprint density at radius 2 is 1.89 bits per heavy atom. The van der Waals surface area contributed by atoms with Gasteiger partial charge in [0.25, 0.3) is 5.91 Å². The van der Waals surface area contributed by atoms with Crippen molar-refractivity contribution in [1.82, 2.24) is 4.90 Å². The molecule has 1 aromatic carbocycles. The van der Waals surface area contributed by atoms with Crippen molar-refractivity contribution in [3.8, 4) is 0 Å². The minimum Gasteiger partial charge on any atom is -0.335 e. The zero-order chi connectivity index (χ0) is 14.3. The summed E-state index contributed by atoms with van der Waals surface area (Å²) in [5, 5.41) is 0. The Hall–Kier alpha value is -0.440. The number of nitrogens with zero attached hydrogens (tertiary/aromatic N) is 1. The average Bonchev–Trinajstić information content (AvgIpc) is 2.54. The van der Waals surface area contributed by atoms with Crippen LogP contribution in [-0.2, 0) is 11.3 Å². The van der Waals surface area contributed by atoms with E-state index in [-0.39, 0.29) is 11.8 Å². The molecule has 0 spiro atoms. The van der Waals surface area contributed by atoms with Gasteiger partial charge >= 0.3 is 0 Å². The number of hydrogen-bond donors (Lipinski definition) is 0. The maximum Gasteiger partial charge on any atom is 0.259 e. The van der Waals surface area contributed by atoms with Crippen LogP contribution in [0.2, 0.25) is 0 Å². The third-order valence-electron chi connectivity index (χ3n) is 3.46. The molecule has 1 heterocycles. The number of hydrogen-bond acceptors (Lipinski definition) is 1. The molecule has 1 atom stereocenters. The van der Waals surface area contributed by atoms with Crippen molar-refractivity contribution in [2.45, 2.75) is 29.6 Å². The normalized spacial score (nSPS) is 22.9. The number of carbonyl (C=O) groups excluding carboxylic acids is 1. The van der Waals surface area contributed by atoms with E-state index in [1.165, 1.54) is 0 Å². The fourth-order valence-corrected chi connectivity index (χ4v) is 3.63. The molecule has 0 bridgehead atoms. The van der Waals surface area contributed by atoms with Crippen LogP contribution in [0, 0.1) is 5.92 Å². The Kier molecular flexibility index (Phi) is 4.06. The molecule has 1 amide bonds. The number of carbonyl (C=O) groups is 1. The lowest BCUT2D eigenvalue weighted by Crippen LogP contribution is -2.39. The highest BCUT2D eigenvalue weighted by atomic mass is 35.5. The lowest BCUT2D eigenvalue weighted by Gasteiger charge is -2.29. The lowest BCUT2D eigenvalue weighted by atomic mass is 9.93. The van der Waals surface area contributed by atoms with Gasteiger partial charge in [0, 0.05) is 23.9 Å². The van der Waals surface area contributed by atoms with Crippen LogP contribution in [0.1, 0.15) is 19.4 Å². The molecule has 5 heteroatoms. The predicted octanol–water partition coefficient (Wildman–Crippen LogP) is 3.84. The number of likely N-dealkylation sites (tertiary alicyclic amines) is 1. The molecule has 1 aliphatic heterocycles. The van der Waals surface area contributed by atoms with Gasteiger partial charge in [-0.1, -0.05) is 53.5 Å². The van der Waals surface area contributed by atoms with Crippen molar-refractivity contribution in [3.63, 3.8) is 0 Å². The van der Waals surface area contributed by atoms with E-state index in [4.69, 9.17) is 34.8 Å². The fraction of sp³-hybridized carbons (Fsp3) is 0.500. The van der Waals surface area contributed by atoms with Gasteiger partial charge in [0.2, 0.25) is 4.33 Å². The number of benzene rings is 1. The van der Waals surface area contributed by atoms with E-state index in [0.717, 1.165) is 5.56 Å². The van der Waals surface area contributed by atoms with Crippen molar-refractivity contribution in [3.05, 3.63) is 35.9 Å². The first-order valence-corrected chi connectivity index (χ1v) is 7.26. The Morgan fingerprint density at radius 1 is 1.32 bits per heavy atom. The van der Waals surface area contributed by atoms with Crippen molar-refractivity contribution < 1.29 is 4.79 Å². The third-order valence-corrected chi connectivity index (χ3v) is 4.57. The molecule has 104 valence electrons. The average molecular weight is 321 g/mol. The minimum atomic E-state index is -1.44. The quantitative estimate of drug-likeness (QED) is 0.775. The van der Waals surface area contributed by atoms with E-state index in [9.17, 15) is 4.79 Å². The summed E-state index contributed by atoms with van der Waals surface area (Å²) in [5.41, 5.74) is 1.05. The van der Waals surface area contributed by atoms with Crippen LogP contribution in [0.4, 0.5) is 0 Å². The largest absolute Gasteiger partial charge is 0.335 e. The van der Waals surface area contributed by atoms with E-state index in [2.05, 4.69) is 0 Å². The predicted molar refractivity (Wildman–Crippen MR) is 79.7 cm³/mol. The fourth-order valence-electron chi connectivity index (χ4n) is 2.37. The number of amides is 1. The van der Waals surface area contributed by atoms with Gasteiger partial charge < -0.3 is 4.90 Å². The molecular formula is C14H16Cl3NO. The SMILES string of the molecule is CC(C)(Cl)C1CN(Cc2ccccc2)C(=O)C1(Cl)Cl. The topological polar surface area (TPSA) is 20.3 Å². The summed E-state index contributed by atoms with van der Waals surface area (Å²) in [5.74, 6) is -0.570. The number of rotatable bonds is 3. The molecule has 1 fully saturated rings. The highest BCUT2D eigenvalue weighted by Crippen LogP contribution is 2.47. The lowest BCUT2D eigenvalue weighted by molar-refractivity contribution is -0.128. The summed E-state index contributed by atoms with van der Waals surface area (Å²) in [6, 6.07) is 9.75. The molecule has 19 heavy (non-hydrogen) atoms. The van der Waals surface area contributed by atoms with Crippen molar-refractivity contribution in [2.75, 3.05) is 6.54 Å². The van der Waals surface area contributed by atoms with E-state index >= 15 is 0 Å². The van der Waals surface area contributed by atoms with Gasteiger partial charge in [0.15, 0.2) is 0 Å². The van der Waals surface area contributed by atoms with Gasteiger partial charge in [0.05, 0.1) is 0 Å². The van der Waals surface area contributed by atoms with Crippen LogP contribution >= 0.6 is 34.8 Å². The van der Waals surface area contributed by atoms with Crippen LogP contribution in [-0.4, -0.2) is 26.6 Å². The minimum absolute atomic E-state index is 0.265. The van der Waals surface area contributed by atoms with Gasteiger partial charge in [0.1, 0.15) is 0 Å². The third kappa shape index (κ3) is 3.01. The van der Waals surface area contributed by atoms with E-state index in [0.29, 0.717) is 13.1 Å². The zero-order valence-electron chi connectivity index (χ0n) is 10.9. The first kappa shape index (κ1) is 15.0. The Balaban J connectivity index is 2.19. The van der Waals surface area contributed by atoms with Gasteiger partial charge in [-0.2, -0.15) is 0 Å². The molecule has 0 aliphatic carbocycles. The van der Waals surface area contributed by atoms with Crippen molar-refractivity contribution in [1.29, 1.82) is 0 Å². The van der Waals surface area contributed by atoms with Crippen molar-refractivity contribution >= 4 is 40.7 Å². The summed E-state index contributed by atoms with van der Waals surface area (Å²) >= 11 is 18.7. The van der Waals surface area contributed by atoms with Crippen LogP contribution in [0.5, 0.6) is 0 Å². The smallest absolute Gasteiger partial charge is 0.259 e. The van der Waals surface area contributed by atoms with Gasteiger partial charge in [-0.05, 0) is 19.4 Å². The van der Waals surface area contributed by atoms with Crippen molar-refractivity contribution in [2.24, 2.45) is 5.92 Å². The van der Waals surface area contributed by atoms with Crippen LogP contribution in [0.15, 0.2) is 30.3 Å². The summed E-state index contributed by atoms with van der Waals surface area (Å²) in [6.07, 6.45) is 0. The molecule has 1 unspecified atom stereocenters. The molecule has 0 aromatic heterocycles. The molecule has 0 N–H and O–H groups in total. The molecule has 0 radical (unpaired) electrons. The highest BCUT2D eigenvalue weighted by Gasteiger charge is 2.56. The standard InChI is InChI=1S/C14H16Cl3NO/c1-13(2,15)11-9-18(12(19)14(11,16)17)8-10-6-4-3-5-7-10/h3-7,11H,8-9H2,1-2H3. The number of alkyl halides is 3. The number of halogens is 3. The summed E-state index contributed by atoms with van der Waals surface area (Å²) in [4.78, 5) is 13.3. The van der Waals surface area contributed by atoms with E-state index < -0.39 is 9.21 Å². The molecule has 0 saturated carbocycles. The molecule has 1 aliphatic rings. The second kappa shape index (κ2) is 5.16. The second-order valence-corrected chi connectivity index (χ2v) is 7.77. The summed E-state index contributed by atoms with van der Waals surface area (Å²) in [7, 11) is 0. The zero-order valence-corrected chi connectivity index (χ0v) is 13.1.